The number of alkyl halides is 3. The molecule has 2 amide bonds. The lowest BCUT2D eigenvalue weighted by Crippen LogP contribution is -2.43. The van der Waals surface area contributed by atoms with Gasteiger partial charge in [-0.15, -0.1) is 0 Å². The number of hydrogen-bond donors (Lipinski definition) is 1. The van der Waals surface area contributed by atoms with Crippen molar-refractivity contribution in [1.82, 2.24) is 9.80 Å². The molecule has 1 saturated heterocycles. The number of rotatable bonds is 2. The molecule has 5 nitrogen and oxygen atoms in total. The second-order valence-corrected chi connectivity index (χ2v) is 3.89. The first-order valence-electron chi connectivity index (χ1n) is 5.17. The Balaban J connectivity index is 2.53. The molecule has 98 valence electrons. The fourth-order valence-electron chi connectivity index (χ4n) is 1.73. The highest BCUT2D eigenvalue weighted by Crippen LogP contribution is 2.19. The number of nitrogens with two attached hydrogens (primary N) is 1. The lowest BCUT2D eigenvalue weighted by molar-refractivity contribution is -0.185. The van der Waals surface area contributed by atoms with E-state index >= 15 is 0 Å². The summed E-state index contributed by atoms with van der Waals surface area (Å²) in [5.41, 5.74) is 5.00. The Kier molecular flexibility index (Phi) is 4.33. The normalized spacial score (nSPS) is 18.9. The summed E-state index contributed by atoms with van der Waals surface area (Å²) in [6.45, 7) is 0.711. The van der Waals surface area contributed by atoms with Gasteiger partial charge in [0.05, 0.1) is 6.54 Å². The van der Waals surface area contributed by atoms with Gasteiger partial charge in [-0.25, -0.2) is 0 Å². The van der Waals surface area contributed by atoms with Gasteiger partial charge in [-0.2, -0.15) is 13.2 Å². The third-order valence-electron chi connectivity index (χ3n) is 2.50. The van der Waals surface area contributed by atoms with Crippen LogP contribution in [0.1, 0.15) is 6.42 Å². The minimum absolute atomic E-state index is 0.00798. The van der Waals surface area contributed by atoms with Crippen molar-refractivity contribution in [3.05, 3.63) is 0 Å². The second-order valence-electron chi connectivity index (χ2n) is 3.89. The molecule has 0 radical (unpaired) electrons. The van der Waals surface area contributed by atoms with Crippen LogP contribution in [0.4, 0.5) is 13.2 Å². The summed E-state index contributed by atoms with van der Waals surface area (Å²) < 4.78 is 36.6. The largest absolute Gasteiger partial charge is 0.471 e. The molecule has 17 heavy (non-hydrogen) atoms. The summed E-state index contributed by atoms with van der Waals surface area (Å²) >= 11 is 0. The molecule has 0 unspecified atom stereocenters. The molecular formula is C9H14F3N3O2. The van der Waals surface area contributed by atoms with Gasteiger partial charge >= 0.3 is 12.1 Å². The van der Waals surface area contributed by atoms with Crippen LogP contribution < -0.4 is 5.73 Å². The number of carbonyl (C=O) groups excluding carboxylic acids is 2. The predicted octanol–water partition coefficient (Wildman–Crippen LogP) is -0.432. The molecule has 1 rings (SSSR count). The van der Waals surface area contributed by atoms with Crippen LogP contribution in [0.3, 0.4) is 0 Å². The van der Waals surface area contributed by atoms with Crippen molar-refractivity contribution in [3.8, 4) is 0 Å². The molecule has 8 heteroatoms. The number of amides is 2. The summed E-state index contributed by atoms with van der Waals surface area (Å²) in [5, 5.41) is 0. The zero-order chi connectivity index (χ0) is 13.1. The fraction of sp³-hybridized carbons (Fsp3) is 0.778. The highest BCUT2D eigenvalue weighted by molar-refractivity contribution is 5.81. The van der Waals surface area contributed by atoms with Crippen molar-refractivity contribution in [2.24, 2.45) is 5.73 Å². The molecule has 0 saturated carbocycles. The molecule has 2 N–H and O–H groups in total. The van der Waals surface area contributed by atoms with Crippen LogP contribution in [0.25, 0.3) is 0 Å². The van der Waals surface area contributed by atoms with Crippen molar-refractivity contribution < 1.29 is 22.8 Å². The molecule has 0 atom stereocenters. The van der Waals surface area contributed by atoms with Crippen LogP contribution in [-0.4, -0.2) is 60.5 Å². The summed E-state index contributed by atoms with van der Waals surface area (Å²) in [4.78, 5) is 24.1. The minimum atomic E-state index is -4.83. The Labute approximate surface area is 96.3 Å². The standard InChI is InChI=1S/C9H14F3N3O2/c10-9(11,12)8(17)15-3-1-2-14(4-5-15)6-7(13)16/h1-6H2,(H2,13,16). The first-order chi connectivity index (χ1) is 7.80. The minimum Gasteiger partial charge on any atom is -0.369 e. The molecule has 1 aliphatic heterocycles. The van der Waals surface area contributed by atoms with Gasteiger partial charge in [0.15, 0.2) is 0 Å². The highest BCUT2D eigenvalue weighted by Gasteiger charge is 2.42. The zero-order valence-electron chi connectivity index (χ0n) is 9.16. The maximum atomic E-state index is 12.2. The average molecular weight is 253 g/mol. The number of nitrogens with zero attached hydrogens (tertiary/aromatic N) is 2. The van der Waals surface area contributed by atoms with E-state index in [9.17, 15) is 22.8 Å². The molecule has 1 heterocycles. The molecule has 0 bridgehead atoms. The molecule has 0 aromatic rings. The van der Waals surface area contributed by atoms with Crippen molar-refractivity contribution in [1.29, 1.82) is 0 Å². The first kappa shape index (κ1) is 13.8. The third-order valence-corrected chi connectivity index (χ3v) is 2.50. The van der Waals surface area contributed by atoms with Gasteiger partial charge in [-0.1, -0.05) is 0 Å². The SMILES string of the molecule is NC(=O)CN1CCCN(C(=O)C(F)(F)F)CC1. The second kappa shape index (κ2) is 5.35. The van der Waals surface area contributed by atoms with E-state index in [1.807, 2.05) is 0 Å². The van der Waals surface area contributed by atoms with Gasteiger partial charge in [-0.3, -0.25) is 14.5 Å². The molecule has 1 fully saturated rings. The van der Waals surface area contributed by atoms with E-state index in [0.29, 0.717) is 13.0 Å². The van der Waals surface area contributed by atoms with Gasteiger partial charge in [0.25, 0.3) is 0 Å². The molecular weight excluding hydrogens is 239 g/mol. The van der Waals surface area contributed by atoms with Crippen LogP contribution in [0.2, 0.25) is 0 Å². The maximum absolute atomic E-state index is 12.2. The van der Waals surface area contributed by atoms with Crippen molar-refractivity contribution in [3.63, 3.8) is 0 Å². The Morgan fingerprint density at radius 1 is 1.12 bits per heavy atom. The van der Waals surface area contributed by atoms with E-state index in [-0.39, 0.29) is 26.2 Å². The Hall–Kier alpha value is -1.31. The van der Waals surface area contributed by atoms with Crippen molar-refractivity contribution >= 4 is 11.8 Å². The van der Waals surface area contributed by atoms with Crippen LogP contribution in [0.15, 0.2) is 0 Å². The lowest BCUT2D eigenvalue weighted by Gasteiger charge is -2.22. The van der Waals surface area contributed by atoms with Gasteiger partial charge in [0, 0.05) is 26.2 Å². The van der Waals surface area contributed by atoms with Crippen LogP contribution in [0.5, 0.6) is 0 Å². The predicted molar refractivity (Wildman–Crippen MR) is 52.9 cm³/mol. The van der Waals surface area contributed by atoms with E-state index in [2.05, 4.69) is 0 Å². The van der Waals surface area contributed by atoms with Gasteiger partial charge in [0.1, 0.15) is 0 Å². The fourth-order valence-corrected chi connectivity index (χ4v) is 1.73. The Bertz CT molecular complexity index is 306. The van der Waals surface area contributed by atoms with Gasteiger partial charge in [0.2, 0.25) is 5.91 Å². The van der Waals surface area contributed by atoms with E-state index in [0.717, 1.165) is 4.90 Å². The Morgan fingerprint density at radius 2 is 1.76 bits per heavy atom. The summed E-state index contributed by atoms with van der Waals surface area (Å²) in [6.07, 6.45) is -4.44. The number of hydrogen-bond acceptors (Lipinski definition) is 3. The monoisotopic (exact) mass is 253 g/mol. The van der Waals surface area contributed by atoms with Gasteiger partial charge < -0.3 is 10.6 Å². The smallest absolute Gasteiger partial charge is 0.369 e. The quantitative estimate of drug-likeness (QED) is 0.726. The van der Waals surface area contributed by atoms with Crippen LogP contribution >= 0.6 is 0 Å². The average Bonchev–Trinajstić information content (AvgIpc) is 2.40. The van der Waals surface area contributed by atoms with E-state index in [4.69, 9.17) is 5.73 Å². The van der Waals surface area contributed by atoms with E-state index in [1.165, 1.54) is 0 Å². The first-order valence-corrected chi connectivity index (χ1v) is 5.17. The topological polar surface area (TPSA) is 66.6 Å². The highest BCUT2D eigenvalue weighted by atomic mass is 19.4. The van der Waals surface area contributed by atoms with Crippen molar-refractivity contribution in [2.45, 2.75) is 12.6 Å². The number of halogens is 3. The van der Waals surface area contributed by atoms with Crippen LogP contribution in [-0.2, 0) is 9.59 Å². The third kappa shape index (κ3) is 4.22. The van der Waals surface area contributed by atoms with E-state index < -0.39 is 18.0 Å². The molecule has 0 aromatic heterocycles. The lowest BCUT2D eigenvalue weighted by atomic mass is 10.3. The molecule has 0 aromatic carbocycles. The molecule has 1 aliphatic rings. The maximum Gasteiger partial charge on any atom is 0.471 e. The number of carbonyl (C=O) groups is 2. The molecule has 0 spiro atoms. The summed E-state index contributed by atoms with van der Waals surface area (Å²) in [5.74, 6) is -2.35. The number of primary amides is 1. The van der Waals surface area contributed by atoms with Crippen LogP contribution in [0, 0.1) is 0 Å². The Morgan fingerprint density at radius 3 is 2.29 bits per heavy atom. The summed E-state index contributed by atoms with van der Waals surface area (Å²) in [6, 6.07) is 0. The zero-order valence-corrected chi connectivity index (χ0v) is 9.16. The van der Waals surface area contributed by atoms with Crippen molar-refractivity contribution in [2.75, 3.05) is 32.7 Å². The van der Waals surface area contributed by atoms with Gasteiger partial charge in [-0.05, 0) is 6.42 Å². The summed E-state index contributed by atoms with van der Waals surface area (Å²) in [7, 11) is 0. The molecule has 0 aliphatic carbocycles. The van der Waals surface area contributed by atoms with E-state index in [1.54, 1.807) is 4.90 Å².